The number of benzene rings is 1. The summed E-state index contributed by atoms with van der Waals surface area (Å²) in [4.78, 5) is 6.00. The number of anilines is 2. The first-order chi connectivity index (χ1) is 8.76. The van der Waals surface area contributed by atoms with Gasteiger partial charge < -0.3 is 10.0 Å². The quantitative estimate of drug-likeness (QED) is 0.901. The molecule has 0 atom stereocenters. The number of pyridine rings is 1. The maximum absolute atomic E-state index is 12.9. The Morgan fingerprint density at radius 2 is 1.94 bits per heavy atom. The van der Waals surface area contributed by atoms with Crippen LogP contribution in [0.1, 0.15) is 12.5 Å². The Morgan fingerprint density at radius 1 is 1.22 bits per heavy atom. The Morgan fingerprint density at radius 3 is 2.56 bits per heavy atom. The monoisotopic (exact) mass is 246 g/mol. The van der Waals surface area contributed by atoms with Crippen molar-refractivity contribution in [3.63, 3.8) is 0 Å². The molecule has 0 bridgehead atoms. The van der Waals surface area contributed by atoms with Gasteiger partial charge in [-0.2, -0.15) is 0 Å². The molecule has 2 rings (SSSR count). The third-order valence-electron chi connectivity index (χ3n) is 2.79. The van der Waals surface area contributed by atoms with Crippen molar-refractivity contribution in [3.05, 3.63) is 54.1 Å². The van der Waals surface area contributed by atoms with Crippen LogP contribution in [0.4, 0.5) is 15.8 Å². The number of hydrogen-bond acceptors (Lipinski definition) is 3. The molecule has 0 aliphatic carbocycles. The van der Waals surface area contributed by atoms with E-state index in [1.807, 2.05) is 17.9 Å². The maximum atomic E-state index is 12.9. The Balaban J connectivity index is 2.41. The first kappa shape index (κ1) is 12.5. The van der Waals surface area contributed by atoms with Gasteiger partial charge in [-0.1, -0.05) is 0 Å². The normalized spacial score (nSPS) is 10.4. The molecule has 1 aromatic carbocycles. The van der Waals surface area contributed by atoms with Crippen LogP contribution in [0.3, 0.4) is 0 Å². The van der Waals surface area contributed by atoms with Crippen LogP contribution in [0.25, 0.3) is 0 Å². The van der Waals surface area contributed by atoms with Gasteiger partial charge in [0, 0.05) is 35.9 Å². The van der Waals surface area contributed by atoms with E-state index in [4.69, 9.17) is 0 Å². The fourth-order valence-electron chi connectivity index (χ4n) is 1.92. The first-order valence-corrected chi connectivity index (χ1v) is 5.83. The molecule has 0 spiro atoms. The zero-order valence-electron chi connectivity index (χ0n) is 10.2. The number of aliphatic hydroxyl groups excluding tert-OH is 1. The zero-order valence-corrected chi connectivity index (χ0v) is 10.2. The number of rotatable bonds is 4. The molecule has 0 amide bonds. The number of nitrogens with zero attached hydrogens (tertiary/aromatic N) is 2. The van der Waals surface area contributed by atoms with Gasteiger partial charge in [0.1, 0.15) is 5.82 Å². The van der Waals surface area contributed by atoms with Crippen molar-refractivity contribution in [1.29, 1.82) is 0 Å². The standard InChI is InChI=1S/C14H15FN2O/c1-2-17(13-5-3-12(15)4-6-13)14-7-8-16-9-11(14)10-18/h3-9,18H,2,10H2,1H3. The molecular weight excluding hydrogens is 231 g/mol. The topological polar surface area (TPSA) is 36.4 Å². The Labute approximate surface area is 106 Å². The Hall–Kier alpha value is -1.94. The van der Waals surface area contributed by atoms with E-state index in [1.54, 1.807) is 24.5 Å². The second-order valence-electron chi connectivity index (χ2n) is 3.88. The van der Waals surface area contributed by atoms with Crippen LogP contribution in [0, 0.1) is 5.82 Å². The third kappa shape index (κ3) is 2.49. The molecule has 0 fully saturated rings. The van der Waals surface area contributed by atoms with Crippen molar-refractivity contribution in [3.8, 4) is 0 Å². The van der Waals surface area contributed by atoms with Crippen LogP contribution in [-0.2, 0) is 6.61 Å². The van der Waals surface area contributed by atoms with E-state index in [2.05, 4.69) is 4.98 Å². The van der Waals surface area contributed by atoms with Crippen molar-refractivity contribution in [2.75, 3.05) is 11.4 Å². The fraction of sp³-hybridized carbons (Fsp3) is 0.214. The Kier molecular flexibility index (Phi) is 3.89. The molecule has 0 unspecified atom stereocenters. The highest BCUT2D eigenvalue weighted by molar-refractivity contribution is 5.65. The second kappa shape index (κ2) is 5.60. The molecule has 94 valence electrons. The van der Waals surface area contributed by atoms with Gasteiger partial charge >= 0.3 is 0 Å². The van der Waals surface area contributed by atoms with Crippen LogP contribution in [0.2, 0.25) is 0 Å². The second-order valence-corrected chi connectivity index (χ2v) is 3.88. The van der Waals surface area contributed by atoms with Crippen molar-refractivity contribution in [2.24, 2.45) is 0 Å². The molecule has 0 aliphatic rings. The summed E-state index contributed by atoms with van der Waals surface area (Å²) in [6.07, 6.45) is 3.32. The lowest BCUT2D eigenvalue weighted by Gasteiger charge is -2.25. The maximum Gasteiger partial charge on any atom is 0.123 e. The molecule has 2 aromatic rings. The van der Waals surface area contributed by atoms with Gasteiger partial charge in [0.2, 0.25) is 0 Å². The molecule has 0 radical (unpaired) electrons. The SMILES string of the molecule is CCN(c1ccc(F)cc1)c1ccncc1CO. The molecule has 1 heterocycles. The number of hydrogen-bond donors (Lipinski definition) is 1. The zero-order chi connectivity index (χ0) is 13.0. The number of aliphatic hydroxyl groups is 1. The minimum absolute atomic E-state index is 0.0686. The first-order valence-electron chi connectivity index (χ1n) is 5.83. The average Bonchev–Trinajstić information content (AvgIpc) is 2.42. The number of halogens is 1. The minimum Gasteiger partial charge on any atom is -0.392 e. The van der Waals surface area contributed by atoms with Crippen LogP contribution >= 0.6 is 0 Å². The molecular formula is C14H15FN2O. The van der Waals surface area contributed by atoms with Crippen molar-refractivity contribution < 1.29 is 9.50 Å². The summed E-state index contributed by atoms with van der Waals surface area (Å²) in [7, 11) is 0. The predicted octanol–water partition coefficient (Wildman–Crippen LogP) is 2.87. The largest absolute Gasteiger partial charge is 0.392 e. The molecule has 0 aliphatic heterocycles. The summed E-state index contributed by atoms with van der Waals surface area (Å²) in [5, 5.41) is 9.33. The lowest BCUT2D eigenvalue weighted by Crippen LogP contribution is -2.17. The third-order valence-corrected chi connectivity index (χ3v) is 2.79. The highest BCUT2D eigenvalue weighted by Gasteiger charge is 2.11. The molecule has 4 heteroatoms. The molecule has 18 heavy (non-hydrogen) atoms. The van der Waals surface area contributed by atoms with Gasteiger partial charge in [0.25, 0.3) is 0 Å². The van der Waals surface area contributed by atoms with Gasteiger partial charge in [-0.25, -0.2) is 4.39 Å². The average molecular weight is 246 g/mol. The van der Waals surface area contributed by atoms with E-state index in [0.29, 0.717) is 0 Å². The van der Waals surface area contributed by atoms with Gasteiger partial charge in [0.05, 0.1) is 6.61 Å². The van der Waals surface area contributed by atoms with E-state index in [1.165, 1.54) is 12.1 Å². The van der Waals surface area contributed by atoms with Gasteiger partial charge in [-0.05, 0) is 37.3 Å². The lowest BCUT2D eigenvalue weighted by atomic mass is 10.2. The van der Waals surface area contributed by atoms with Crippen LogP contribution in [0.5, 0.6) is 0 Å². The summed E-state index contributed by atoms with van der Waals surface area (Å²) >= 11 is 0. The molecule has 3 nitrogen and oxygen atoms in total. The molecule has 0 saturated carbocycles. The van der Waals surface area contributed by atoms with E-state index >= 15 is 0 Å². The van der Waals surface area contributed by atoms with Crippen LogP contribution < -0.4 is 4.90 Å². The van der Waals surface area contributed by atoms with Crippen molar-refractivity contribution >= 4 is 11.4 Å². The summed E-state index contributed by atoms with van der Waals surface area (Å²) in [5.41, 5.74) is 2.53. The van der Waals surface area contributed by atoms with Crippen molar-refractivity contribution in [2.45, 2.75) is 13.5 Å². The summed E-state index contributed by atoms with van der Waals surface area (Å²) in [6, 6.07) is 8.15. The molecule has 1 aromatic heterocycles. The minimum atomic E-state index is -0.257. The van der Waals surface area contributed by atoms with Crippen LogP contribution in [-0.4, -0.2) is 16.6 Å². The predicted molar refractivity (Wildman–Crippen MR) is 69.2 cm³/mol. The highest BCUT2D eigenvalue weighted by Crippen LogP contribution is 2.27. The summed E-state index contributed by atoms with van der Waals surface area (Å²) in [6.45, 7) is 2.66. The highest BCUT2D eigenvalue weighted by atomic mass is 19.1. The summed E-state index contributed by atoms with van der Waals surface area (Å²) in [5.74, 6) is -0.257. The van der Waals surface area contributed by atoms with E-state index in [0.717, 1.165) is 23.5 Å². The molecule has 0 saturated heterocycles. The van der Waals surface area contributed by atoms with E-state index in [-0.39, 0.29) is 12.4 Å². The van der Waals surface area contributed by atoms with Crippen molar-refractivity contribution in [1.82, 2.24) is 4.98 Å². The lowest BCUT2D eigenvalue weighted by molar-refractivity contribution is 0.281. The van der Waals surface area contributed by atoms with Gasteiger partial charge in [-0.3, -0.25) is 4.98 Å². The van der Waals surface area contributed by atoms with Gasteiger partial charge in [0.15, 0.2) is 0 Å². The summed E-state index contributed by atoms with van der Waals surface area (Å²) < 4.78 is 12.9. The van der Waals surface area contributed by atoms with Gasteiger partial charge in [-0.15, -0.1) is 0 Å². The smallest absolute Gasteiger partial charge is 0.123 e. The van der Waals surface area contributed by atoms with E-state index in [9.17, 15) is 9.50 Å². The van der Waals surface area contributed by atoms with E-state index < -0.39 is 0 Å². The number of aromatic nitrogens is 1. The fourth-order valence-corrected chi connectivity index (χ4v) is 1.92. The Bertz CT molecular complexity index is 513. The van der Waals surface area contributed by atoms with Crippen LogP contribution in [0.15, 0.2) is 42.7 Å². The molecule has 1 N–H and O–H groups in total.